The van der Waals surface area contributed by atoms with Crippen LogP contribution < -0.4 is 5.32 Å². The topological polar surface area (TPSA) is 55.8 Å². The van der Waals surface area contributed by atoms with Gasteiger partial charge in [-0.25, -0.2) is 0 Å². The maximum absolute atomic E-state index is 12.0. The van der Waals surface area contributed by atoms with Gasteiger partial charge in [0.2, 0.25) is 0 Å². The van der Waals surface area contributed by atoms with E-state index in [0.29, 0.717) is 12.2 Å². The molecular formula is C15H23N3O2. The van der Waals surface area contributed by atoms with Crippen LogP contribution in [0.15, 0.2) is 24.3 Å². The number of aryl methyl sites for hydroxylation is 1. The van der Waals surface area contributed by atoms with Crippen LogP contribution in [0.2, 0.25) is 0 Å². The third-order valence-corrected chi connectivity index (χ3v) is 3.66. The standard InChI is InChI=1S/C15H23N3O2/c1-13-2-4-14(5-3-13)15(20)16-12-18-8-6-17(7-9-18)10-11-19/h2-5,19H,6-12H2,1H3,(H,16,20). The van der Waals surface area contributed by atoms with E-state index >= 15 is 0 Å². The highest BCUT2D eigenvalue weighted by atomic mass is 16.3. The number of β-amino-alcohol motifs (C(OH)–C–C–N with tert-alkyl or cyclic N) is 1. The van der Waals surface area contributed by atoms with Crippen molar-refractivity contribution < 1.29 is 9.90 Å². The predicted octanol–water partition coefficient (Wildman–Crippen LogP) is 0.292. The molecule has 0 bridgehead atoms. The van der Waals surface area contributed by atoms with Crippen molar-refractivity contribution in [2.45, 2.75) is 6.92 Å². The summed E-state index contributed by atoms with van der Waals surface area (Å²) >= 11 is 0. The zero-order valence-corrected chi connectivity index (χ0v) is 12.0. The highest BCUT2D eigenvalue weighted by Crippen LogP contribution is 2.04. The third-order valence-electron chi connectivity index (χ3n) is 3.66. The molecule has 1 heterocycles. The molecule has 110 valence electrons. The fourth-order valence-corrected chi connectivity index (χ4v) is 2.30. The molecule has 2 N–H and O–H groups in total. The molecule has 1 aromatic carbocycles. The van der Waals surface area contributed by atoms with Crippen molar-refractivity contribution in [3.8, 4) is 0 Å². The number of benzene rings is 1. The molecule has 1 aromatic rings. The Balaban J connectivity index is 1.73. The number of aliphatic hydroxyl groups is 1. The second-order valence-electron chi connectivity index (χ2n) is 5.21. The maximum atomic E-state index is 12.0. The van der Waals surface area contributed by atoms with Crippen molar-refractivity contribution in [2.75, 3.05) is 46.0 Å². The van der Waals surface area contributed by atoms with E-state index in [0.717, 1.165) is 38.3 Å². The maximum Gasteiger partial charge on any atom is 0.252 e. The van der Waals surface area contributed by atoms with E-state index in [1.807, 2.05) is 31.2 Å². The molecule has 5 nitrogen and oxygen atoms in total. The first-order chi connectivity index (χ1) is 9.69. The first kappa shape index (κ1) is 15.0. The monoisotopic (exact) mass is 277 g/mol. The quantitative estimate of drug-likeness (QED) is 0.812. The Bertz CT molecular complexity index is 425. The summed E-state index contributed by atoms with van der Waals surface area (Å²) in [5, 5.41) is 11.8. The molecule has 0 spiro atoms. The predicted molar refractivity (Wildman–Crippen MR) is 78.6 cm³/mol. The fraction of sp³-hybridized carbons (Fsp3) is 0.533. The number of carbonyl (C=O) groups excluding carboxylic acids is 1. The summed E-state index contributed by atoms with van der Waals surface area (Å²) in [6.45, 7) is 7.28. The van der Waals surface area contributed by atoms with Crippen molar-refractivity contribution in [1.82, 2.24) is 15.1 Å². The highest BCUT2D eigenvalue weighted by molar-refractivity contribution is 5.94. The Kier molecular flexibility index (Phi) is 5.52. The third kappa shape index (κ3) is 4.30. The molecule has 1 aliphatic rings. The van der Waals surface area contributed by atoms with Gasteiger partial charge in [-0.1, -0.05) is 17.7 Å². The number of amides is 1. The molecule has 2 rings (SSSR count). The van der Waals surface area contributed by atoms with Crippen molar-refractivity contribution in [3.63, 3.8) is 0 Å². The summed E-state index contributed by atoms with van der Waals surface area (Å²) in [5.74, 6) is -0.0252. The molecule has 20 heavy (non-hydrogen) atoms. The van der Waals surface area contributed by atoms with Crippen LogP contribution in [0.4, 0.5) is 0 Å². The summed E-state index contributed by atoms with van der Waals surface area (Å²) in [6.07, 6.45) is 0. The zero-order valence-electron chi connectivity index (χ0n) is 12.0. The van der Waals surface area contributed by atoms with Crippen LogP contribution in [-0.2, 0) is 0 Å². The summed E-state index contributed by atoms with van der Waals surface area (Å²) < 4.78 is 0. The van der Waals surface area contributed by atoms with E-state index in [9.17, 15) is 4.79 Å². The zero-order chi connectivity index (χ0) is 14.4. The van der Waals surface area contributed by atoms with E-state index < -0.39 is 0 Å². The fourth-order valence-electron chi connectivity index (χ4n) is 2.30. The average molecular weight is 277 g/mol. The number of piperazine rings is 1. The van der Waals surface area contributed by atoms with E-state index in [4.69, 9.17) is 5.11 Å². The van der Waals surface area contributed by atoms with Crippen LogP contribution >= 0.6 is 0 Å². The molecule has 1 fully saturated rings. The molecule has 5 heteroatoms. The molecule has 0 radical (unpaired) electrons. The van der Waals surface area contributed by atoms with Gasteiger partial charge in [0.05, 0.1) is 13.3 Å². The minimum absolute atomic E-state index is 0.0252. The van der Waals surface area contributed by atoms with Crippen LogP contribution in [0, 0.1) is 6.92 Å². The Hall–Kier alpha value is -1.43. The van der Waals surface area contributed by atoms with Crippen LogP contribution in [0.1, 0.15) is 15.9 Å². The molecule has 0 aromatic heterocycles. The number of carbonyl (C=O) groups is 1. The van der Waals surface area contributed by atoms with E-state index in [1.54, 1.807) is 0 Å². The van der Waals surface area contributed by atoms with E-state index in [1.165, 1.54) is 0 Å². The largest absolute Gasteiger partial charge is 0.395 e. The van der Waals surface area contributed by atoms with Gasteiger partial charge in [0.25, 0.3) is 5.91 Å². The normalized spacial score (nSPS) is 17.1. The summed E-state index contributed by atoms with van der Waals surface area (Å²) in [4.78, 5) is 16.4. The van der Waals surface area contributed by atoms with Gasteiger partial charge in [0.15, 0.2) is 0 Å². The van der Waals surface area contributed by atoms with Gasteiger partial charge in [0, 0.05) is 38.3 Å². The molecular weight excluding hydrogens is 254 g/mol. The van der Waals surface area contributed by atoms with E-state index in [2.05, 4.69) is 15.1 Å². The molecule has 1 amide bonds. The first-order valence-electron chi connectivity index (χ1n) is 7.09. The van der Waals surface area contributed by atoms with Crippen LogP contribution in [-0.4, -0.2) is 66.8 Å². The lowest BCUT2D eigenvalue weighted by atomic mass is 10.1. The first-order valence-corrected chi connectivity index (χ1v) is 7.09. The molecule has 0 aliphatic carbocycles. The number of hydrogen-bond donors (Lipinski definition) is 2. The van der Waals surface area contributed by atoms with Crippen LogP contribution in [0.25, 0.3) is 0 Å². The number of aliphatic hydroxyl groups excluding tert-OH is 1. The smallest absolute Gasteiger partial charge is 0.252 e. The van der Waals surface area contributed by atoms with Gasteiger partial charge in [-0.15, -0.1) is 0 Å². The van der Waals surface area contributed by atoms with Crippen molar-refractivity contribution in [1.29, 1.82) is 0 Å². The van der Waals surface area contributed by atoms with Crippen LogP contribution in [0.3, 0.4) is 0 Å². The molecule has 0 saturated carbocycles. The Morgan fingerprint density at radius 3 is 2.35 bits per heavy atom. The van der Waals surface area contributed by atoms with E-state index in [-0.39, 0.29) is 12.5 Å². The number of nitrogens with zero attached hydrogens (tertiary/aromatic N) is 2. The Labute approximate surface area is 120 Å². The lowest BCUT2D eigenvalue weighted by Gasteiger charge is -2.34. The van der Waals surface area contributed by atoms with Crippen molar-refractivity contribution >= 4 is 5.91 Å². The van der Waals surface area contributed by atoms with Gasteiger partial charge < -0.3 is 10.4 Å². The average Bonchev–Trinajstić information content (AvgIpc) is 2.47. The summed E-state index contributed by atoms with van der Waals surface area (Å²) in [6, 6.07) is 7.60. The SMILES string of the molecule is Cc1ccc(C(=O)NCN2CCN(CCO)CC2)cc1. The minimum Gasteiger partial charge on any atom is -0.395 e. The second kappa shape index (κ2) is 7.38. The lowest BCUT2D eigenvalue weighted by Crippen LogP contribution is -2.50. The number of nitrogens with one attached hydrogen (secondary N) is 1. The van der Waals surface area contributed by atoms with Crippen LogP contribution in [0.5, 0.6) is 0 Å². The Morgan fingerprint density at radius 1 is 1.15 bits per heavy atom. The lowest BCUT2D eigenvalue weighted by molar-refractivity contribution is 0.0847. The molecule has 0 atom stereocenters. The van der Waals surface area contributed by atoms with Gasteiger partial charge >= 0.3 is 0 Å². The highest BCUT2D eigenvalue weighted by Gasteiger charge is 2.16. The Morgan fingerprint density at radius 2 is 1.75 bits per heavy atom. The van der Waals surface area contributed by atoms with Crippen molar-refractivity contribution in [3.05, 3.63) is 35.4 Å². The van der Waals surface area contributed by atoms with Gasteiger partial charge in [0.1, 0.15) is 0 Å². The number of hydrogen-bond acceptors (Lipinski definition) is 4. The minimum atomic E-state index is -0.0252. The van der Waals surface area contributed by atoms with Gasteiger partial charge in [-0.2, -0.15) is 0 Å². The number of rotatable bonds is 5. The molecule has 0 unspecified atom stereocenters. The summed E-state index contributed by atoms with van der Waals surface area (Å²) in [7, 11) is 0. The summed E-state index contributed by atoms with van der Waals surface area (Å²) in [5.41, 5.74) is 1.86. The van der Waals surface area contributed by atoms with Gasteiger partial charge in [-0.3, -0.25) is 14.6 Å². The second-order valence-corrected chi connectivity index (χ2v) is 5.21. The molecule has 1 aliphatic heterocycles. The van der Waals surface area contributed by atoms with Gasteiger partial charge in [-0.05, 0) is 19.1 Å². The van der Waals surface area contributed by atoms with Crippen molar-refractivity contribution in [2.24, 2.45) is 0 Å². The molecule has 1 saturated heterocycles.